The second-order valence-electron chi connectivity index (χ2n) is 6.62. The van der Waals surface area contributed by atoms with Gasteiger partial charge in [0.1, 0.15) is 18.9 Å². The second-order valence-corrected chi connectivity index (χ2v) is 8.93. The largest absolute Gasteiger partial charge is 0.492 e. The van der Waals surface area contributed by atoms with Gasteiger partial charge in [-0.3, -0.25) is 9.10 Å². The van der Waals surface area contributed by atoms with Gasteiger partial charge in [-0.05, 0) is 49.6 Å². The molecule has 0 atom stereocenters. The third-order valence-corrected chi connectivity index (χ3v) is 5.73. The smallest absolute Gasteiger partial charge is 0.240 e. The van der Waals surface area contributed by atoms with E-state index in [2.05, 4.69) is 5.32 Å². The van der Waals surface area contributed by atoms with Gasteiger partial charge in [0.15, 0.2) is 0 Å². The zero-order valence-corrected chi connectivity index (χ0v) is 18.0. The summed E-state index contributed by atoms with van der Waals surface area (Å²) in [6.07, 6.45) is 1.09. The summed E-state index contributed by atoms with van der Waals surface area (Å²) in [5.41, 5.74) is 3.07. The van der Waals surface area contributed by atoms with Gasteiger partial charge in [0.2, 0.25) is 15.9 Å². The van der Waals surface area contributed by atoms with Crippen LogP contribution in [0.1, 0.15) is 16.7 Å². The fourth-order valence-corrected chi connectivity index (χ4v) is 3.91. The van der Waals surface area contributed by atoms with E-state index in [4.69, 9.17) is 16.3 Å². The van der Waals surface area contributed by atoms with Gasteiger partial charge in [-0.2, -0.15) is 0 Å². The topological polar surface area (TPSA) is 75.7 Å². The van der Waals surface area contributed by atoms with E-state index in [0.717, 1.165) is 27.3 Å². The molecule has 1 amide bonds. The monoisotopic (exact) mass is 424 g/mol. The Bertz CT molecular complexity index is 940. The van der Waals surface area contributed by atoms with E-state index in [1.807, 2.05) is 45.0 Å². The van der Waals surface area contributed by atoms with Gasteiger partial charge in [-0.1, -0.05) is 35.9 Å². The zero-order valence-electron chi connectivity index (χ0n) is 16.5. The first-order chi connectivity index (χ1) is 13.1. The van der Waals surface area contributed by atoms with E-state index in [9.17, 15) is 13.2 Å². The van der Waals surface area contributed by atoms with Crippen molar-refractivity contribution in [2.45, 2.75) is 20.8 Å². The van der Waals surface area contributed by atoms with Crippen LogP contribution in [-0.2, 0) is 14.8 Å². The first-order valence-electron chi connectivity index (χ1n) is 8.79. The number of sulfonamides is 1. The number of amides is 1. The van der Waals surface area contributed by atoms with Crippen LogP contribution in [0, 0.1) is 20.8 Å². The highest BCUT2D eigenvalue weighted by molar-refractivity contribution is 7.92. The average molecular weight is 425 g/mol. The SMILES string of the molecule is Cc1ccc(OCCNC(=O)CN(c2c(C)cccc2C)S(C)(=O)=O)cc1Cl. The van der Waals surface area contributed by atoms with Gasteiger partial charge in [-0.15, -0.1) is 0 Å². The summed E-state index contributed by atoms with van der Waals surface area (Å²) in [7, 11) is -3.61. The number of para-hydroxylation sites is 1. The maximum absolute atomic E-state index is 12.3. The molecule has 2 aromatic rings. The average Bonchev–Trinajstić information content (AvgIpc) is 2.60. The first-order valence-corrected chi connectivity index (χ1v) is 11.0. The number of nitrogens with zero attached hydrogens (tertiary/aromatic N) is 1. The molecule has 0 fully saturated rings. The molecule has 0 aliphatic carbocycles. The third-order valence-electron chi connectivity index (χ3n) is 4.21. The minimum absolute atomic E-state index is 0.243. The fourth-order valence-electron chi connectivity index (χ4n) is 2.77. The molecule has 2 aromatic carbocycles. The molecule has 0 heterocycles. The number of hydrogen-bond acceptors (Lipinski definition) is 4. The quantitative estimate of drug-likeness (QED) is 0.660. The van der Waals surface area contributed by atoms with Gasteiger partial charge in [0.05, 0.1) is 18.5 Å². The Labute approximate surface area is 171 Å². The normalized spacial score (nSPS) is 11.2. The Morgan fingerprint density at radius 3 is 2.32 bits per heavy atom. The lowest BCUT2D eigenvalue weighted by atomic mass is 10.1. The van der Waals surface area contributed by atoms with E-state index in [1.54, 1.807) is 12.1 Å². The number of ether oxygens (including phenoxy) is 1. The van der Waals surface area contributed by atoms with Gasteiger partial charge in [0, 0.05) is 5.02 Å². The fraction of sp³-hybridized carbons (Fsp3) is 0.350. The van der Waals surface area contributed by atoms with E-state index in [-0.39, 0.29) is 19.7 Å². The molecule has 0 saturated carbocycles. The van der Waals surface area contributed by atoms with Gasteiger partial charge in [-0.25, -0.2) is 8.42 Å². The highest BCUT2D eigenvalue weighted by atomic mass is 35.5. The van der Waals surface area contributed by atoms with Gasteiger partial charge < -0.3 is 10.1 Å². The Morgan fingerprint density at radius 2 is 1.75 bits per heavy atom. The summed E-state index contributed by atoms with van der Waals surface area (Å²) >= 11 is 6.05. The predicted molar refractivity (Wildman–Crippen MR) is 113 cm³/mol. The van der Waals surface area contributed by atoms with Gasteiger partial charge in [0.25, 0.3) is 0 Å². The lowest BCUT2D eigenvalue weighted by Gasteiger charge is -2.25. The third kappa shape index (κ3) is 5.87. The van der Waals surface area contributed by atoms with Crippen molar-refractivity contribution >= 4 is 33.2 Å². The van der Waals surface area contributed by atoms with E-state index in [1.165, 1.54) is 0 Å². The lowest BCUT2D eigenvalue weighted by molar-refractivity contribution is -0.119. The van der Waals surface area contributed by atoms with Crippen LogP contribution >= 0.6 is 11.6 Å². The standard InChI is InChI=1S/C20H25ClN2O4S/c1-14-8-9-17(12-18(14)21)27-11-10-22-19(24)13-23(28(4,25)26)20-15(2)6-5-7-16(20)3/h5-9,12H,10-11,13H2,1-4H3,(H,22,24). The Morgan fingerprint density at radius 1 is 1.11 bits per heavy atom. The number of carbonyl (C=O) groups excluding carboxylic acids is 1. The van der Waals surface area contributed by atoms with Gasteiger partial charge >= 0.3 is 0 Å². The molecule has 0 aromatic heterocycles. The maximum atomic E-state index is 12.3. The van der Waals surface area contributed by atoms with Crippen LogP contribution in [0.2, 0.25) is 5.02 Å². The van der Waals surface area contributed by atoms with E-state index in [0.29, 0.717) is 16.5 Å². The first kappa shape index (κ1) is 22.0. The summed E-state index contributed by atoms with van der Waals surface area (Å²) in [5, 5.41) is 3.30. The summed E-state index contributed by atoms with van der Waals surface area (Å²) in [6, 6.07) is 10.9. The van der Waals surface area contributed by atoms with Crippen molar-refractivity contribution < 1.29 is 17.9 Å². The molecule has 0 saturated heterocycles. The maximum Gasteiger partial charge on any atom is 0.240 e. The summed E-state index contributed by atoms with van der Waals surface area (Å²) in [6.45, 7) is 5.73. The Hall–Kier alpha value is -2.25. The molecule has 0 aliphatic rings. The number of hydrogen-bond donors (Lipinski definition) is 1. The Kier molecular flexibility index (Phi) is 7.32. The number of benzene rings is 2. The molecule has 0 unspecified atom stereocenters. The van der Waals surface area contributed by atoms with Crippen LogP contribution < -0.4 is 14.4 Å². The summed E-state index contributed by atoms with van der Waals surface area (Å²) in [5.74, 6) is 0.205. The van der Waals surface area contributed by atoms with Crippen molar-refractivity contribution in [2.24, 2.45) is 0 Å². The molecule has 28 heavy (non-hydrogen) atoms. The molecule has 152 valence electrons. The molecular formula is C20H25ClN2O4S. The van der Waals surface area contributed by atoms with Crippen LogP contribution in [0.4, 0.5) is 5.69 Å². The zero-order chi connectivity index (χ0) is 20.9. The van der Waals surface area contributed by atoms with Crippen LogP contribution in [0.3, 0.4) is 0 Å². The van der Waals surface area contributed by atoms with Crippen molar-refractivity contribution in [1.82, 2.24) is 5.32 Å². The molecule has 1 N–H and O–H groups in total. The molecule has 8 heteroatoms. The molecule has 0 radical (unpaired) electrons. The van der Waals surface area contributed by atoms with Crippen LogP contribution in [0.15, 0.2) is 36.4 Å². The van der Waals surface area contributed by atoms with Crippen molar-refractivity contribution in [3.05, 3.63) is 58.1 Å². The van der Waals surface area contributed by atoms with Crippen LogP contribution in [-0.4, -0.2) is 40.3 Å². The second kappa shape index (κ2) is 9.30. The number of halogens is 1. The molecule has 0 spiro atoms. The molecule has 2 rings (SSSR count). The number of carbonyl (C=O) groups is 1. The summed E-state index contributed by atoms with van der Waals surface area (Å²) in [4.78, 5) is 12.3. The number of rotatable bonds is 8. The lowest BCUT2D eigenvalue weighted by Crippen LogP contribution is -2.42. The predicted octanol–water partition coefficient (Wildman–Crippen LogP) is 3.23. The molecule has 6 nitrogen and oxygen atoms in total. The Balaban J connectivity index is 1.96. The number of aryl methyl sites for hydroxylation is 3. The van der Waals surface area contributed by atoms with Crippen molar-refractivity contribution in [1.29, 1.82) is 0 Å². The number of anilines is 1. The highest BCUT2D eigenvalue weighted by Gasteiger charge is 2.23. The number of nitrogens with one attached hydrogen (secondary N) is 1. The van der Waals surface area contributed by atoms with Crippen molar-refractivity contribution in [3.63, 3.8) is 0 Å². The molecule has 0 aliphatic heterocycles. The van der Waals surface area contributed by atoms with E-state index < -0.39 is 15.9 Å². The van der Waals surface area contributed by atoms with Crippen LogP contribution in [0.25, 0.3) is 0 Å². The summed E-state index contributed by atoms with van der Waals surface area (Å²) < 4.78 is 31.2. The molecule has 0 bridgehead atoms. The highest BCUT2D eigenvalue weighted by Crippen LogP contribution is 2.26. The van der Waals surface area contributed by atoms with E-state index >= 15 is 0 Å². The van der Waals surface area contributed by atoms with Crippen molar-refractivity contribution in [2.75, 3.05) is 30.3 Å². The molecular weight excluding hydrogens is 400 g/mol. The minimum Gasteiger partial charge on any atom is -0.492 e. The van der Waals surface area contributed by atoms with Crippen molar-refractivity contribution in [3.8, 4) is 5.75 Å². The minimum atomic E-state index is -3.61. The van der Waals surface area contributed by atoms with Crippen LogP contribution in [0.5, 0.6) is 5.75 Å².